The molecular formula is C13H17NO. The third kappa shape index (κ3) is 2.05. The number of benzene rings is 1. The summed E-state index contributed by atoms with van der Waals surface area (Å²) in [6, 6.07) is 8.56. The molecule has 0 saturated carbocycles. The van der Waals surface area contributed by atoms with Crippen LogP contribution in [0.4, 0.5) is 0 Å². The van der Waals surface area contributed by atoms with E-state index in [-0.39, 0.29) is 6.61 Å². The lowest BCUT2D eigenvalue weighted by atomic mass is 10.1. The first kappa shape index (κ1) is 10.2. The minimum absolute atomic E-state index is 0.223. The molecule has 0 saturated heterocycles. The van der Waals surface area contributed by atoms with Gasteiger partial charge in [0.15, 0.2) is 0 Å². The van der Waals surface area contributed by atoms with Crippen LogP contribution in [-0.4, -0.2) is 16.3 Å². The van der Waals surface area contributed by atoms with E-state index in [0.29, 0.717) is 0 Å². The van der Waals surface area contributed by atoms with Gasteiger partial charge < -0.3 is 9.67 Å². The lowest BCUT2D eigenvalue weighted by Crippen LogP contribution is -1.94. The van der Waals surface area contributed by atoms with Crippen LogP contribution in [0.3, 0.4) is 0 Å². The van der Waals surface area contributed by atoms with Gasteiger partial charge in [0.25, 0.3) is 0 Å². The average molecular weight is 203 g/mol. The molecule has 80 valence electrons. The Balaban J connectivity index is 2.38. The summed E-state index contributed by atoms with van der Waals surface area (Å²) in [7, 11) is 0. The molecule has 2 rings (SSSR count). The molecule has 0 aliphatic heterocycles. The zero-order chi connectivity index (χ0) is 10.7. The normalized spacial score (nSPS) is 11.1. The highest BCUT2D eigenvalue weighted by molar-refractivity contribution is 5.80. The van der Waals surface area contributed by atoms with Gasteiger partial charge in [-0.3, -0.25) is 0 Å². The number of aryl methyl sites for hydroxylation is 1. The molecule has 1 heterocycles. The van der Waals surface area contributed by atoms with Crippen molar-refractivity contribution in [2.75, 3.05) is 6.61 Å². The quantitative estimate of drug-likeness (QED) is 0.811. The van der Waals surface area contributed by atoms with Crippen molar-refractivity contribution >= 4 is 10.9 Å². The smallest absolute Gasteiger partial charge is 0.0480 e. The summed E-state index contributed by atoms with van der Waals surface area (Å²) in [6.07, 6.45) is 4.04. The van der Waals surface area contributed by atoms with Crippen molar-refractivity contribution in [1.82, 2.24) is 4.57 Å². The van der Waals surface area contributed by atoms with Gasteiger partial charge in [-0.15, -0.1) is 0 Å². The molecule has 0 aliphatic carbocycles. The minimum atomic E-state index is 0.223. The SMILES string of the molecule is CCCn1ccc2cc(CCO)ccc21. The average Bonchev–Trinajstić information content (AvgIpc) is 2.62. The summed E-state index contributed by atoms with van der Waals surface area (Å²) in [6.45, 7) is 3.48. The molecule has 0 spiro atoms. The van der Waals surface area contributed by atoms with Crippen LogP contribution in [0.15, 0.2) is 30.5 Å². The highest BCUT2D eigenvalue weighted by atomic mass is 16.2. The number of aliphatic hydroxyl groups excluding tert-OH is 1. The second-order valence-electron chi connectivity index (χ2n) is 3.88. The third-order valence-corrected chi connectivity index (χ3v) is 2.70. The predicted molar refractivity (Wildman–Crippen MR) is 63.0 cm³/mol. The first-order valence-corrected chi connectivity index (χ1v) is 5.53. The van der Waals surface area contributed by atoms with E-state index in [1.165, 1.54) is 16.5 Å². The summed E-state index contributed by atoms with van der Waals surface area (Å²) in [4.78, 5) is 0. The highest BCUT2D eigenvalue weighted by Gasteiger charge is 2.01. The molecule has 1 aromatic carbocycles. The Kier molecular flexibility index (Phi) is 3.07. The van der Waals surface area contributed by atoms with E-state index < -0.39 is 0 Å². The summed E-state index contributed by atoms with van der Waals surface area (Å²) in [5.74, 6) is 0. The lowest BCUT2D eigenvalue weighted by molar-refractivity contribution is 0.299. The van der Waals surface area contributed by atoms with Gasteiger partial charge in [-0.25, -0.2) is 0 Å². The largest absolute Gasteiger partial charge is 0.396 e. The molecule has 0 bridgehead atoms. The molecule has 0 aliphatic rings. The topological polar surface area (TPSA) is 25.2 Å². The predicted octanol–water partition coefficient (Wildman–Crippen LogP) is 2.59. The lowest BCUT2D eigenvalue weighted by Gasteiger charge is -2.03. The van der Waals surface area contributed by atoms with Crippen molar-refractivity contribution in [1.29, 1.82) is 0 Å². The zero-order valence-corrected chi connectivity index (χ0v) is 9.11. The van der Waals surface area contributed by atoms with Gasteiger partial charge in [0.1, 0.15) is 0 Å². The fraction of sp³-hybridized carbons (Fsp3) is 0.385. The maximum atomic E-state index is 8.88. The number of rotatable bonds is 4. The maximum absolute atomic E-state index is 8.88. The molecule has 0 unspecified atom stereocenters. The minimum Gasteiger partial charge on any atom is -0.396 e. The number of aromatic nitrogens is 1. The van der Waals surface area contributed by atoms with Crippen LogP contribution in [0.25, 0.3) is 10.9 Å². The Morgan fingerprint density at radius 1 is 1.27 bits per heavy atom. The Morgan fingerprint density at radius 3 is 2.87 bits per heavy atom. The van der Waals surface area contributed by atoms with E-state index in [1.807, 2.05) is 0 Å². The van der Waals surface area contributed by atoms with Gasteiger partial charge in [-0.1, -0.05) is 13.0 Å². The van der Waals surface area contributed by atoms with Crippen molar-refractivity contribution in [3.8, 4) is 0 Å². The molecule has 1 aromatic heterocycles. The van der Waals surface area contributed by atoms with Crippen LogP contribution in [0.5, 0.6) is 0 Å². The van der Waals surface area contributed by atoms with Gasteiger partial charge in [0.2, 0.25) is 0 Å². The van der Waals surface area contributed by atoms with Crippen LogP contribution in [-0.2, 0) is 13.0 Å². The van der Waals surface area contributed by atoms with Gasteiger partial charge in [0.05, 0.1) is 0 Å². The van der Waals surface area contributed by atoms with E-state index in [9.17, 15) is 0 Å². The number of nitrogens with zero attached hydrogens (tertiary/aromatic N) is 1. The summed E-state index contributed by atoms with van der Waals surface area (Å²) < 4.78 is 2.28. The van der Waals surface area contributed by atoms with Gasteiger partial charge in [0, 0.05) is 24.9 Å². The molecule has 0 fully saturated rings. The first-order valence-electron chi connectivity index (χ1n) is 5.53. The van der Waals surface area contributed by atoms with Crippen LogP contribution in [0.2, 0.25) is 0 Å². The van der Waals surface area contributed by atoms with Gasteiger partial charge in [-0.05, 0) is 42.0 Å². The van der Waals surface area contributed by atoms with E-state index in [1.54, 1.807) is 0 Å². The highest BCUT2D eigenvalue weighted by Crippen LogP contribution is 2.18. The molecule has 2 heteroatoms. The molecule has 0 amide bonds. The number of aliphatic hydroxyl groups is 1. The second kappa shape index (κ2) is 4.49. The van der Waals surface area contributed by atoms with Crippen LogP contribution in [0.1, 0.15) is 18.9 Å². The fourth-order valence-corrected chi connectivity index (χ4v) is 1.97. The summed E-state index contributed by atoms with van der Waals surface area (Å²) >= 11 is 0. The van der Waals surface area contributed by atoms with Crippen molar-refractivity contribution in [3.05, 3.63) is 36.0 Å². The molecule has 2 nitrogen and oxygen atoms in total. The van der Waals surface area contributed by atoms with Crippen molar-refractivity contribution in [2.45, 2.75) is 26.3 Å². The monoisotopic (exact) mass is 203 g/mol. The fourth-order valence-electron chi connectivity index (χ4n) is 1.97. The van der Waals surface area contributed by atoms with E-state index in [4.69, 9.17) is 5.11 Å². The zero-order valence-electron chi connectivity index (χ0n) is 9.11. The summed E-state index contributed by atoms with van der Waals surface area (Å²) in [5, 5.41) is 10.1. The molecule has 15 heavy (non-hydrogen) atoms. The van der Waals surface area contributed by atoms with Crippen LogP contribution < -0.4 is 0 Å². The van der Waals surface area contributed by atoms with Crippen molar-refractivity contribution in [3.63, 3.8) is 0 Å². The Bertz CT molecular complexity index is 445. The van der Waals surface area contributed by atoms with E-state index in [0.717, 1.165) is 19.4 Å². The van der Waals surface area contributed by atoms with E-state index >= 15 is 0 Å². The van der Waals surface area contributed by atoms with Gasteiger partial charge in [-0.2, -0.15) is 0 Å². The molecular weight excluding hydrogens is 186 g/mol. The maximum Gasteiger partial charge on any atom is 0.0480 e. The Labute approximate surface area is 90.2 Å². The molecule has 0 atom stereocenters. The number of fused-ring (bicyclic) bond motifs is 1. The van der Waals surface area contributed by atoms with Gasteiger partial charge >= 0.3 is 0 Å². The van der Waals surface area contributed by atoms with Crippen molar-refractivity contribution < 1.29 is 5.11 Å². The Morgan fingerprint density at radius 2 is 2.13 bits per heavy atom. The molecule has 1 N–H and O–H groups in total. The number of hydrogen-bond acceptors (Lipinski definition) is 1. The van der Waals surface area contributed by atoms with Crippen LogP contribution in [0, 0.1) is 0 Å². The molecule has 2 aromatic rings. The Hall–Kier alpha value is -1.28. The van der Waals surface area contributed by atoms with E-state index in [2.05, 4.69) is 42.0 Å². The number of hydrogen-bond donors (Lipinski definition) is 1. The molecule has 0 radical (unpaired) electrons. The second-order valence-corrected chi connectivity index (χ2v) is 3.88. The standard InChI is InChI=1S/C13H17NO/c1-2-7-14-8-5-12-10-11(6-9-15)3-4-13(12)14/h3-5,8,10,15H,2,6-7,9H2,1H3. The van der Waals surface area contributed by atoms with Crippen molar-refractivity contribution in [2.24, 2.45) is 0 Å². The third-order valence-electron chi connectivity index (χ3n) is 2.70. The summed E-state index contributed by atoms with van der Waals surface area (Å²) in [5.41, 5.74) is 2.50. The first-order chi connectivity index (χ1) is 7.35. The van der Waals surface area contributed by atoms with Crippen LogP contribution >= 0.6 is 0 Å².